The van der Waals surface area contributed by atoms with Gasteiger partial charge in [-0.3, -0.25) is 4.79 Å². The second kappa shape index (κ2) is 5.74. The smallest absolute Gasteiger partial charge is 0.293 e. The molecular weight excluding hydrogens is 323 g/mol. The quantitative estimate of drug-likeness (QED) is 0.767. The van der Waals surface area contributed by atoms with Gasteiger partial charge in [0, 0.05) is 10.0 Å². The molecule has 19 heavy (non-hydrogen) atoms. The van der Waals surface area contributed by atoms with Crippen LogP contribution in [0.3, 0.4) is 0 Å². The van der Waals surface area contributed by atoms with Gasteiger partial charge in [0.25, 0.3) is 0 Å². The van der Waals surface area contributed by atoms with E-state index in [1.807, 2.05) is 6.07 Å². The van der Waals surface area contributed by atoms with Crippen LogP contribution in [0.1, 0.15) is 29.8 Å². The summed E-state index contributed by atoms with van der Waals surface area (Å²) in [5, 5.41) is 8.91. The topological polar surface area (TPSA) is 40.9 Å². The molecule has 1 aromatic rings. The van der Waals surface area contributed by atoms with Gasteiger partial charge in [0.15, 0.2) is 5.78 Å². The van der Waals surface area contributed by atoms with E-state index in [0.717, 1.165) is 6.07 Å². The molecule has 0 N–H and O–H groups in total. The summed E-state index contributed by atoms with van der Waals surface area (Å²) in [6.07, 6.45) is -4.55. The Balaban J connectivity index is 3.24. The zero-order chi connectivity index (χ0) is 14.8. The van der Waals surface area contributed by atoms with Gasteiger partial charge in [-0.1, -0.05) is 35.8 Å². The maximum atomic E-state index is 12.7. The van der Waals surface area contributed by atoms with E-state index >= 15 is 0 Å². The highest BCUT2D eigenvalue weighted by molar-refractivity contribution is 9.10. The van der Waals surface area contributed by atoms with Gasteiger partial charge in [-0.25, -0.2) is 0 Å². The van der Waals surface area contributed by atoms with Crippen LogP contribution in [0.5, 0.6) is 0 Å². The number of hydrogen-bond acceptors (Lipinski definition) is 2. The zero-order valence-electron chi connectivity index (χ0n) is 10.3. The summed E-state index contributed by atoms with van der Waals surface area (Å²) < 4.78 is 38.1. The van der Waals surface area contributed by atoms with Gasteiger partial charge in [-0.05, 0) is 18.1 Å². The van der Waals surface area contributed by atoms with Gasteiger partial charge in [0.1, 0.15) is 5.92 Å². The average molecular weight is 334 g/mol. The molecule has 0 heterocycles. The third kappa shape index (κ3) is 3.57. The van der Waals surface area contributed by atoms with Crippen molar-refractivity contribution in [3.63, 3.8) is 0 Å². The second-order valence-electron chi connectivity index (χ2n) is 4.41. The Bertz CT molecular complexity index is 532. The number of halogens is 4. The molecule has 0 radical (unpaired) electrons. The number of Topliss-reactive ketones (excluding diaryl/α,β-unsaturated/α-hetero) is 1. The number of rotatable bonds is 3. The van der Waals surface area contributed by atoms with Crippen LogP contribution in [-0.2, 0) is 6.18 Å². The van der Waals surface area contributed by atoms with Gasteiger partial charge in [0.2, 0.25) is 0 Å². The van der Waals surface area contributed by atoms with Crippen molar-refractivity contribution < 1.29 is 18.0 Å². The first-order valence-corrected chi connectivity index (χ1v) is 6.28. The number of benzene rings is 1. The molecule has 1 aromatic carbocycles. The van der Waals surface area contributed by atoms with Crippen molar-refractivity contribution in [2.75, 3.05) is 0 Å². The molecular formula is C13H11BrF3NO. The Kier molecular flexibility index (Phi) is 4.75. The summed E-state index contributed by atoms with van der Waals surface area (Å²) in [5.41, 5.74) is -1.02. The number of nitrogens with zero attached hydrogens (tertiary/aromatic N) is 1. The monoisotopic (exact) mass is 333 g/mol. The van der Waals surface area contributed by atoms with Gasteiger partial charge >= 0.3 is 6.18 Å². The van der Waals surface area contributed by atoms with Crippen LogP contribution >= 0.6 is 15.9 Å². The van der Waals surface area contributed by atoms with Crippen molar-refractivity contribution in [1.82, 2.24) is 0 Å². The Morgan fingerprint density at radius 3 is 2.37 bits per heavy atom. The van der Waals surface area contributed by atoms with E-state index in [9.17, 15) is 18.0 Å². The molecule has 6 heteroatoms. The first-order chi connectivity index (χ1) is 8.68. The maximum absolute atomic E-state index is 12.7. The molecule has 0 aromatic heterocycles. The molecule has 1 unspecified atom stereocenters. The van der Waals surface area contributed by atoms with E-state index in [1.165, 1.54) is 12.1 Å². The fourth-order valence-electron chi connectivity index (χ4n) is 1.59. The fourth-order valence-corrected chi connectivity index (χ4v) is 2.06. The molecule has 102 valence electrons. The Morgan fingerprint density at radius 1 is 1.37 bits per heavy atom. The lowest BCUT2D eigenvalue weighted by Gasteiger charge is -2.14. The predicted octanol–water partition coefficient (Wildman–Crippen LogP) is 4.45. The standard InChI is InChI=1S/C13H11BrF3NO/c1-7(2)9(6-18)12(19)8-3-4-11(14)10(5-8)13(15,16)17/h3-5,7,9H,1-2H3. The molecule has 0 aliphatic heterocycles. The van der Waals surface area contributed by atoms with Crippen molar-refractivity contribution in [1.29, 1.82) is 5.26 Å². The third-order valence-corrected chi connectivity index (χ3v) is 3.34. The van der Waals surface area contributed by atoms with E-state index in [-0.39, 0.29) is 16.0 Å². The van der Waals surface area contributed by atoms with Crippen LogP contribution in [0, 0.1) is 23.2 Å². The maximum Gasteiger partial charge on any atom is 0.417 e. The Hall–Kier alpha value is -1.35. The van der Waals surface area contributed by atoms with Gasteiger partial charge < -0.3 is 0 Å². The zero-order valence-corrected chi connectivity index (χ0v) is 11.8. The normalized spacial score (nSPS) is 13.2. The number of nitriles is 1. The highest BCUT2D eigenvalue weighted by Crippen LogP contribution is 2.35. The van der Waals surface area contributed by atoms with E-state index in [4.69, 9.17) is 5.26 Å². The molecule has 1 atom stereocenters. The lowest BCUT2D eigenvalue weighted by Crippen LogP contribution is -2.19. The largest absolute Gasteiger partial charge is 0.417 e. The predicted molar refractivity (Wildman–Crippen MR) is 67.4 cm³/mol. The third-order valence-electron chi connectivity index (χ3n) is 2.64. The molecule has 0 aliphatic rings. The first-order valence-electron chi connectivity index (χ1n) is 5.49. The average Bonchev–Trinajstić information content (AvgIpc) is 2.28. The molecule has 2 nitrogen and oxygen atoms in total. The van der Waals surface area contributed by atoms with Gasteiger partial charge in [-0.15, -0.1) is 0 Å². The van der Waals surface area contributed by atoms with Crippen LogP contribution in [-0.4, -0.2) is 5.78 Å². The number of carbonyl (C=O) groups excluding carboxylic acids is 1. The number of carbonyl (C=O) groups is 1. The van der Waals surface area contributed by atoms with Gasteiger partial charge in [-0.2, -0.15) is 18.4 Å². The van der Waals surface area contributed by atoms with Crippen molar-refractivity contribution in [3.8, 4) is 6.07 Å². The highest BCUT2D eigenvalue weighted by atomic mass is 79.9. The second-order valence-corrected chi connectivity index (χ2v) is 5.26. The molecule has 0 spiro atoms. The van der Waals surface area contributed by atoms with E-state index in [1.54, 1.807) is 13.8 Å². The van der Waals surface area contributed by atoms with Crippen molar-refractivity contribution in [2.24, 2.45) is 11.8 Å². The minimum atomic E-state index is -4.55. The summed E-state index contributed by atoms with van der Waals surface area (Å²) in [6.45, 7) is 3.35. The molecule has 0 amide bonds. The molecule has 0 aliphatic carbocycles. The van der Waals surface area contributed by atoms with E-state index in [2.05, 4.69) is 15.9 Å². The van der Waals surface area contributed by atoms with Crippen LogP contribution in [0.15, 0.2) is 22.7 Å². The number of ketones is 1. The summed E-state index contributed by atoms with van der Waals surface area (Å²) in [7, 11) is 0. The molecule has 1 rings (SSSR count). The Morgan fingerprint density at radius 2 is 1.95 bits per heavy atom. The van der Waals surface area contributed by atoms with Crippen LogP contribution < -0.4 is 0 Å². The number of alkyl halides is 3. The summed E-state index contributed by atoms with van der Waals surface area (Å²) in [4.78, 5) is 12.0. The summed E-state index contributed by atoms with van der Waals surface area (Å²) in [5.74, 6) is -1.78. The molecule has 0 fully saturated rings. The summed E-state index contributed by atoms with van der Waals surface area (Å²) in [6, 6.07) is 5.06. The van der Waals surface area contributed by atoms with Crippen molar-refractivity contribution >= 4 is 21.7 Å². The van der Waals surface area contributed by atoms with Crippen LogP contribution in [0.25, 0.3) is 0 Å². The highest BCUT2D eigenvalue weighted by Gasteiger charge is 2.34. The van der Waals surface area contributed by atoms with E-state index in [0.29, 0.717) is 0 Å². The van der Waals surface area contributed by atoms with Crippen molar-refractivity contribution in [2.45, 2.75) is 20.0 Å². The summed E-state index contributed by atoms with van der Waals surface area (Å²) >= 11 is 2.80. The molecule has 0 saturated carbocycles. The van der Waals surface area contributed by atoms with Crippen LogP contribution in [0.4, 0.5) is 13.2 Å². The minimum absolute atomic E-state index is 0.101. The van der Waals surface area contributed by atoms with E-state index < -0.39 is 23.4 Å². The minimum Gasteiger partial charge on any atom is -0.293 e. The number of hydrogen-bond donors (Lipinski definition) is 0. The van der Waals surface area contributed by atoms with Gasteiger partial charge in [0.05, 0.1) is 11.6 Å². The lowest BCUT2D eigenvalue weighted by atomic mass is 9.89. The molecule has 0 bridgehead atoms. The fraction of sp³-hybridized carbons (Fsp3) is 0.385. The molecule has 0 saturated heterocycles. The SMILES string of the molecule is CC(C)C(C#N)C(=O)c1ccc(Br)c(C(F)(F)F)c1. The van der Waals surface area contributed by atoms with Crippen molar-refractivity contribution in [3.05, 3.63) is 33.8 Å². The van der Waals surface area contributed by atoms with Crippen LogP contribution in [0.2, 0.25) is 0 Å². The first kappa shape index (κ1) is 15.7. The lowest BCUT2D eigenvalue weighted by molar-refractivity contribution is -0.138. The Labute approximate surface area is 117 Å².